The van der Waals surface area contributed by atoms with E-state index in [1.54, 1.807) is 0 Å². The van der Waals surface area contributed by atoms with E-state index in [4.69, 9.17) is 0 Å². The maximum Gasteiger partial charge on any atom is 0.419 e. The van der Waals surface area contributed by atoms with Crippen molar-refractivity contribution in [1.82, 2.24) is 10.2 Å². The van der Waals surface area contributed by atoms with E-state index in [0.717, 1.165) is 42.1 Å². The van der Waals surface area contributed by atoms with Gasteiger partial charge in [0.25, 0.3) is 0 Å². The average molecular weight is 463 g/mol. The molecule has 1 fully saturated rings. The quantitative estimate of drug-likeness (QED) is 0.675. The predicted molar refractivity (Wildman–Crippen MR) is 115 cm³/mol. The first-order valence-electron chi connectivity index (χ1n) is 10.9. The Hall–Kier alpha value is -2.94. The van der Waals surface area contributed by atoms with Gasteiger partial charge in [-0.15, -0.1) is 0 Å². The molecule has 1 atom stereocenters. The van der Waals surface area contributed by atoms with Crippen LogP contribution in [0.25, 0.3) is 0 Å². The predicted octanol–water partition coefficient (Wildman–Crippen LogP) is 3.97. The van der Waals surface area contributed by atoms with Crippen molar-refractivity contribution < 1.29 is 27.2 Å². The highest BCUT2D eigenvalue weighted by Gasteiger charge is 2.35. The Balaban J connectivity index is 1.50. The highest BCUT2D eigenvalue weighted by atomic mass is 19.4. The molecule has 9 heteroatoms. The van der Waals surface area contributed by atoms with Crippen LogP contribution in [0.1, 0.15) is 40.7 Å². The van der Waals surface area contributed by atoms with Crippen molar-refractivity contribution in [2.45, 2.75) is 51.4 Å². The summed E-state index contributed by atoms with van der Waals surface area (Å²) in [6.07, 6.45) is -3.00. The Morgan fingerprint density at radius 2 is 2.00 bits per heavy atom. The molecule has 2 aromatic carbocycles. The van der Waals surface area contributed by atoms with Crippen molar-refractivity contribution in [3.8, 4) is 0 Å². The Bertz CT molecular complexity index is 1080. The lowest BCUT2D eigenvalue weighted by Gasteiger charge is -2.32. The third kappa shape index (κ3) is 4.88. The number of benzene rings is 2. The Morgan fingerprint density at radius 3 is 2.70 bits per heavy atom. The van der Waals surface area contributed by atoms with Crippen LogP contribution in [0.4, 0.5) is 23.2 Å². The molecule has 2 aliphatic rings. The van der Waals surface area contributed by atoms with Gasteiger partial charge in [-0.25, -0.2) is 4.39 Å². The number of halogens is 4. The van der Waals surface area contributed by atoms with Crippen molar-refractivity contribution >= 4 is 17.5 Å². The number of nitrogens with zero attached hydrogens (tertiary/aromatic N) is 1. The monoisotopic (exact) mass is 463 g/mol. The normalized spacial score (nSPS) is 18.2. The Labute approximate surface area is 189 Å². The van der Waals surface area contributed by atoms with Gasteiger partial charge >= 0.3 is 6.18 Å². The fraction of sp³-hybridized carbons (Fsp3) is 0.417. The minimum Gasteiger partial charge on any atom is -0.337 e. The van der Waals surface area contributed by atoms with Gasteiger partial charge in [-0.1, -0.05) is 24.3 Å². The molecule has 2 amide bonds. The molecule has 33 heavy (non-hydrogen) atoms. The summed E-state index contributed by atoms with van der Waals surface area (Å²) in [4.78, 5) is 27.2. The molecule has 0 aromatic heterocycles. The van der Waals surface area contributed by atoms with Gasteiger partial charge in [0, 0.05) is 18.8 Å². The second kappa shape index (κ2) is 9.13. The molecule has 2 N–H and O–H groups in total. The van der Waals surface area contributed by atoms with Crippen LogP contribution in [-0.4, -0.2) is 35.8 Å². The molecule has 2 heterocycles. The van der Waals surface area contributed by atoms with Crippen molar-refractivity contribution in [3.05, 3.63) is 64.0 Å². The van der Waals surface area contributed by atoms with Crippen molar-refractivity contribution in [3.63, 3.8) is 0 Å². The Kier molecular flexibility index (Phi) is 6.43. The van der Waals surface area contributed by atoms with Gasteiger partial charge in [0.05, 0.1) is 18.0 Å². The maximum absolute atomic E-state index is 14.3. The van der Waals surface area contributed by atoms with E-state index >= 15 is 0 Å². The summed E-state index contributed by atoms with van der Waals surface area (Å²) >= 11 is 0. The number of aryl methyl sites for hydroxylation is 1. The zero-order valence-corrected chi connectivity index (χ0v) is 18.2. The van der Waals surface area contributed by atoms with Gasteiger partial charge in [-0.3, -0.25) is 9.59 Å². The lowest BCUT2D eigenvalue weighted by Crippen LogP contribution is -2.45. The number of fused-ring (bicyclic) bond motifs is 1. The fourth-order valence-electron chi connectivity index (χ4n) is 4.54. The highest BCUT2D eigenvalue weighted by molar-refractivity contribution is 5.94. The van der Waals surface area contributed by atoms with Gasteiger partial charge < -0.3 is 15.5 Å². The van der Waals surface area contributed by atoms with Crippen LogP contribution >= 0.6 is 0 Å². The third-order valence-corrected chi connectivity index (χ3v) is 6.28. The number of amides is 2. The summed E-state index contributed by atoms with van der Waals surface area (Å²) in [5.41, 5.74) is 1.49. The molecule has 2 aromatic rings. The number of carbonyl (C=O) groups excluding carboxylic acids is 2. The molecule has 0 aliphatic carbocycles. The summed E-state index contributed by atoms with van der Waals surface area (Å²) in [5.74, 6) is -1.95. The molecule has 0 radical (unpaired) electrons. The van der Waals surface area contributed by atoms with E-state index in [1.165, 1.54) is 6.07 Å². The van der Waals surface area contributed by atoms with Crippen LogP contribution in [0.5, 0.6) is 0 Å². The van der Waals surface area contributed by atoms with Gasteiger partial charge in [0.15, 0.2) is 0 Å². The number of carbonyl (C=O) groups is 2. The average Bonchev–Trinajstić information content (AvgIpc) is 3.30. The van der Waals surface area contributed by atoms with Gasteiger partial charge in [0.2, 0.25) is 11.8 Å². The fourth-order valence-corrected chi connectivity index (χ4v) is 4.54. The summed E-state index contributed by atoms with van der Waals surface area (Å²) in [6, 6.07) is 6.53. The van der Waals surface area contributed by atoms with Crippen molar-refractivity contribution in [1.29, 1.82) is 0 Å². The molecule has 5 nitrogen and oxygen atoms in total. The number of hydrogen-bond acceptors (Lipinski definition) is 3. The molecule has 2 aliphatic heterocycles. The maximum atomic E-state index is 14.3. The minimum atomic E-state index is -4.83. The number of anilines is 1. The molecule has 0 saturated carbocycles. The first-order valence-corrected chi connectivity index (χ1v) is 10.9. The van der Waals surface area contributed by atoms with Gasteiger partial charge in [-0.2, -0.15) is 13.2 Å². The van der Waals surface area contributed by atoms with Crippen LogP contribution < -0.4 is 10.6 Å². The van der Waals surface area contributed by atoms with Crippen molar-refractivity contribution in [2.24, 2.45) is 0 Å². The third-order valence-electron chi connectivity index (χ3n) is 6.28. The lowest BCUT2D eigenvalue weighted by molar-refractivity contribution is -0.140. The molecule has 4 rings (SSSR count). The van der Waals surface area contributed by atoms with Crippen LogP contribution in [0.2, 0.25) is 0 Å². The molecule has 0 spiro atoms. The molecular formula is C24H25F4N3O2. The van der Waals surface area contributed by atoms with Gasteiger partial charge in [0.1, 0.15) is 5.82 Å². The standard InChI is InChI=1S/C24H25F4N3O2/c1-14-7-8-16-13-31(23(33)19-6-3-10-29-19)11-9-17(16)22(14)30-20(32)12-15-4-2-5-18(21(15)25)24(26,27)28/h2,4-5,7-8,19,29H,3,6,9-13H2,1H3,(H,30,32)/t19-/m1/s1. The minimum absolute atomic E-state index is 0.0735. The van der Waals surface area contributed by atoms with E-state index in [9.17, 15) is 27.2 Å². The second-order valence-electron chi connectivity index (χ2n) is 8.56. The molecule has 0 unspecified atom stereocenters. The van der Waals surface area contributed by atoms with Crippen LogP contribution in [0, 0.1) is 12.7 Å². The lowest BCUT2D eigenvalue weighted by atomic mass is 9.94. The van der Waals surface area contributed by atoms with E-state index in [-0.39, 0.29) is 17.5 Å². The zero-order valence-electron chi connectivity index (χ0n) is 18.2. The van der Waals surface area contributed by atoms with E-state index < -0.39 is 29.9 Å². The second-order valence-corrected chi connectivity index (χ2v) is 8.56. The zero-order chi connectivity index (χ0) is 23.8. The largest absolute Gasteiger partial charge is 0.419 e. The SMILES string of the molecule is Cc1ccc2c(c1NC(=O)Cc1cccc(C(F)(F)F)c1F)CCN(C(=O)[C@H]1CCCN1)C2. The number of hydrogen-bond donors (Lipinski definition) is 2. The number of alkyl halides is 3. The molecule has 176 valence electrons. The molecule has 1 saturated heterocycles. The Morgan fingerprint density at radius 1 is 1.21 bits per heavy atom. The first-order chi connectivity index (χ1) is 15.6. The molecule has 0 bridgehead atoms. The smallest absolute Gasteiger partial charge is 0.337 e. The van der Waals surface area contributed by atoms with E-state index in [2.05, 4.69) is 10.6 Å². The summed E-state index contributed by atoms with van der Waals surface area (Å²) in [5, 5.41) is 5.98. The summed E-state index contributed by atoms with van der Waals surface area (Å²) in [6.45, 7) is 3.60. The van der Waals surface area contributed by atoms with Crippen LogP contribution in [0.15, 0.2) is 30.3 Å². The van der Waals surface area contributed by atoms with Crippen LogP contribution in [0.3, 0.4) is 0 Å². The van der Waals surface area contributed by atoms with Crippen molar-refractivity contribution in [2.75, 3.05) is 18.4 Å². The number of nitrogens with one attached hydrogen (secondary N) is 2. The highest BCUT2D eigenvalue weighted by Crippen LogP contribution is 2.33. The summed E-state index contributed by atoms with van der Waals surface area (Å²) in [7, 11) is 0. The topological polar surface area (TPSA) is 61.4 Å². The van der Waals surface area contributed by atoms with Crippen LogP contribution in [-0.2, 0) is 35.2 Å². The number of rotatable bonds is 4. The van der Waals surface area contributed by atoms with E-state index in [1.807, 2.05) is 24.0 Å². The first kappa shape index (κ1) is 23.2. The molecular weight excluding hydrogens is 438 g/mol. The summed E-state index contributed by atoms with van der Waals surface area (Å²) < 4.78 is 53.2. The van der Waals surface area contributed by atoms with Gasteiger partial charge in [-0.05, 0) is 61.1 Å². The van der Waals surface area contributed by atoms with E-state index in [0.29, 0.717) is 31.3 Å².